The van der Waals surface area contributed by atoms with E-state index in [0.29, 0.717) is 12.2 Å². The van der Waals surface area contributed by atoms with Gasteiger partial charge in [-0.05, 0) is 42.8 Å². The Morgan fingerprint density at radius 2 is 1.86 bits per heavy atom. The van der Waals surface area contributed by atoms with Crippen LogP contribution < -0.4 is 15.4 Å². The highest BCUT2D eigenvalue weighted by Crippen LogP contribution is 2.44. The molecule has 0 unspecified atom stereocenters. The number of anilines is 1. The molecule has 0 saturated heterocycles. The van der Waals surface area contributed by atoms with Gasteiger partial charge >= 0.3 is 5.97 Å². The number of ether oxygens (including phenoxy) is 2. The van der Waals surface area contributed by atoms with E-state index in [1.54, 1.807) is 6.92 Å². The Morgan fingerprint density at radius 3 is 2.43 bits per heavy atom. The zero-order valence-electron chi connectivity index (χ0n) is 19.4. The fraction of sp³-hybridized carbons (Fsp3) is 0.250. The summed E-state index contributed by atoms with van der Waals surface area (Å²) in [5, 5.41) is 15.3. The summed E-state index contributed by atoms with van der Waals surface area (Å²) in [6, 6.07) is 8.64. The van der Waals surface area contributed by atoms with Crippen LogP contribution in [0.3, 0.4) is 0 Å². The van der Waals surface area contributed by atoms with Crippen molar-refractivity contribution in [3.8, 4) is 11.8 Å². The number of hydrogen-bond donors (Lipinski definition) is 2. The SMILES string of the molecule is CCOc1c(Cl)cc([C@@H]2C(C#N)=C(SCC(=O)Nc3ccc(F)c(Cl)c3)NC(=O)[C@H]2C(=O)OC)cc1Cl. The Hall–Kier alpha value is -2.97. The molecule has 2 amide bonds. The van der Waals surface area contributed by atoms with Gasteiger partial charge < -0.3 is 20.1 Å². The van der Waals surface area contributed by atoms with Crippen LogP contribution >= 0.6 is 46.6 Å². The Labute approximate surface area is 231 Å². The first-order chi connectivity index (χ1) is 17.6. The van der Waals surface area contributed by atoms with Crippen molar-refractivity contribution in [2.75, 3.05) is 24.8 Å². The number of carbonyl (C=O) groups excluding carboxylic acids is 3. The van der Waals surface area contributed by atoms with Gasteiger partial charge in [-0.15, -0.1) is 0 Å². The summed E-state index contributed by atoms with van der Waals surface area (Å²) >= 11 is 19.3. The number of methoxy groups -OCH3 is 1. The van der Waals surface area contributed by atoms with E-state index in [2.05, 4.69) is 10.6 Å². The van der Waals surface area contributed by atoms with Crippen molar-refractivity contribution in [1.82, 2.24) is 5.32 Å². The van der Waals surface area contributed by atoms with Crippen LogP contribution in [0.15, 0.2) is 40.9 Å². The van der Waals surface area contributed by atoms with Crippen molar-refractivity contribution in [3.05, 3.63) is 67.4 Å². The molecule has 0 radical (unpaired) electrons. The number of thioether (sulfide) groups is 1. The highest BCUT2D eigenvalue weighted by Gasteiger charge is 2.44. The standard InChI is InChI=1S/C24H19Cl3FN3O5S/c1-3-36-21-15(26)6-11(7-16(21)27)19-13(9-29)23(31-22(33)20(19)24(34)35-2)37-10-18(32)30-12-4-5-17(28)14(25)8-12/h4-8,19-20H,3,10H2,1-2H3,(H,30,32)(H,31,33)/t19-,20+/m1/s1. The van der Waals surface area contributed by atoms with Crippen LogP contribution in [0.25, 0.3) is 0 Å². The normalized spacial score (nSPS) is 17.1. The molecule has 0 spiro atoms. The number of esters is 1. The van der Waals surface area contributed by atoms with Crippen molar-refractivity contribution in [2.24, 2.45) is 5.92 Å². The minimum Gasteiger partial charge on any atom is -0.491 e. The van der Waals surface area contributed by atoms with Gasteiger partial charge in [-0.1, -0.05) is 46.6 Å². The summed E-state index contributed by atoms with van der Waals surface area (Å²) in [6.07, 6.45) is 0. The maximum absolute atomic E-state index is 13.4. The van der Waals surface area contributed by atoms with E-state index < -0.39 is 35.4 Å². The van der Waals surface area contributed by atoms with Crippen molar-refractivity contribution in [3.63, 3.8) is 0 Å². The predicted octanol–water partition coefficient (Wildman–Crippen LogP) is 5.29. The number of allylic oxidation sites excluding steroid dienone is 1. The minimum absolute atomic E-state index is 0.00826. The fourth-order valence-corrected chi connectivity index (χ4v) is 5.27. The van der Waals surface area contributed by atoms with Crippen LogP contribution in [0.4, 0.5) is 10.1 Å². The van der Waals surface area contributed by atoms with Crippen LogP contribution in [0, 0.1) is 23.1 Å². The molecule has 2 aromatic rings. The number of amides is 2. The average molecular weight is 587 g/mol. The number of benzene rings is 2. The Balaban J connectivity index is 1.96. The lowest BCUT2D eigenvalue weighted by molar-refractivity contribution is -0.150. The third-order valence-electron chi connectivity index (χ3n) is 5.20. The van der Waals surface area contributed by atoms with Gasteiger partial charge in [-0.25, -0.2) is 4.39 Å². The third-order valence-corrected chi connectivity index (χ3v) is 7.07. The second kappa shape index (κ2) is 12.5. The van der Waals surface area contributed by atoms with Gasteiger partial charge in [0, 0.05) is 11.6 Å². The van der Waals surface area contributed by atoms with Gasteiger partial charge in [0.05, 0.1) is 51.2 Å². The largest absolute Gasteiger partial charge is 0.491 e. The molecule has 13 heteroatoms. The number of halogens is 4. The first-order valence-corrected chi connectivity index (χ1v) is 12.8. The average Bonchev–Trinajstić information content (AvgIpc) is 2.86. The van der Waals surface area contributed by atoms with Crippen LogP contribution in [0.5, 0.6) is 5.75 Å². The predicted molar refractivity (Wildman–Crippen MR) is 139 cm³/mol. The van der Waals surface area contributed by atoms with E-state index in [9.17, 15) is 24.0 Å². The number of hydrogen-bond acceptors (Lipinski definition) is 7. The molecule has 0 saturated carbocycles. The monoisotopic (exact) mass is 585 g/mol. The summed E-state index contributed by atoms with van der Waals surface area (Å²) in [5.41, 5.74) is 0.583. The lowest BCUT2D eigenvalue weighted by Crippen LogP contribution is -2.44. The summed E-state index contributed by atoms with van der Waals surface area (Å²) in [4.78, 5) is 38.0. The highest BCUT2D eigenvalue weighted by atomic mass is 35.5. The van der Waals surface area contributed by atoms with E-state index in [0.717, 1.165) is 24.9 Å². The molecule has 2 N–H and O–H groups in total. The molecule has 0 bridgehead atoms. The second-order valence-corrected chi connectivity index (χ2v) is 9.74. The maximum atomic E-state index is 13.4. The Bertz CT molecular complexity index is 1310. The molecule has 1 aliphatic heterocycles. The van der Waals surface area contributed by atoms with E-state index in [-0.39, 0.29) is 42.9 Å². The Morgan fingerprint density at radius 1 is 1.19 bits per heavy atom. The molecule has 1 aliphatic rings. The molecule has 3 rings (SSSR count). The van der Waals surface area contributed by atoms with E-state index >= 15 is 0 Å². The first-order valence-electron chi connectivity index (χ1n) is 10.6. The summed E-state index contributed by atoms with van der Waals surface area (Å²) < 4.78 is 23.6. The zero-order valence-corrected chi connectivity index (χ0v) is 22.4. The smallest absolute Gasteiger partial charge is 0.319 e. The van der Waals surface area contributed by atoms with Crippen molar-refractivity contribution < 1.29 is 28.2 Å². The van der Waals surface area contributed by atoms with Crippen molar-refractivity contribution in [2.45, 2.75) is 12.8 Å². The second-order valence-electron chi connectivity index (χ2n) is 7.53. The quantitative estimate of drug-likeness (QED) is 0.319. The number of nitrogens with zero attached hydrogens (tertiary/aromatic N) is 1. The number of carbonyl (C=O) groups is 3. The Kier molecular flexibility index (Phi) is 9.68. The number of nitriles is 1. The highest BCUT2D eigenvalue weighted by molar-refractivity contribution is 8.03. The van der Waals surface area contributed by atoms with Gasteiger partial charge in [0.15, 0.2) is 5.75 Å². The molecule has 194 valence electrons. The molecule has 0 aromatic heterocycles. The zero-order chi connectivity index (χ0) is 27.3. The summed E-state index contributed by atoms with van der Waals surface area (Å²) in [5.74, 6) is -5.26. The molecule has 0 aliphatic carbocycles. The van der Waals surface area contributed by atoms with Crippen LogP contribution in [0.1, 0.15) is 18.4 Å². The van der Waals surface area contributed by atoms with Gasteiger partial charge in [0.2, 0.25) is 11.8 Å². The maximum Gasteiger partial charge on any atom is 0.319 e. The molecule has 2 atom stereocenters. The van der Waals surface area contributed by atoms with E-state index in [1.165, 1.54) is 24.3 Å². The van der Waals surface area contributed by atoms with Crippen LogP contribution in [-0.2, 0) is 19.1 Å². The van der Waals surface area contributed by atoms with Gasteiger partial charge in [-0.2, -0.15) is 5.26 Å². The lowest BCUT2D eigenvalue weighted by atomic mass is 9.78. The van der Waals surface area contributed by atoms with Gasteiger partial charge in [0.25, 0.3) is 0 Å². The number of rotatable bonds is 8. The van der Waals surface area contributed by atoms with E-state index in [4.69, 9.17) is 44.3 Å². The lowest BCUT2D eigenvalue weighted by Gasteiger charge is -2.31. The fourth-order valence-electron chi connectivity index (χ4n) is 3.63. The molecular formula is C24H19Cl3FN3O5S. The topological polar surface area (TPSA) is 118 Å². The molecule has 8 nitrogen and oxygen atoms in total. The molecule has 2 aromatic carbocycles. The summed E-state index contributed by atoms with van der Waals surface area (Å²) in [7, 11) is 1.12. The minimum atomic E-state index is -1.41. The first kappa shape index (κ1) is 28.6. The van der Waals surface area contributed by atoms with Crippen LogP contribution in [0.2, 0.25) is 15.1 Å². The third kappa shape index (κ3) is 6.48. The molecular weight excluding hydrogens is 568 g/mol. The molecule has 0 fully saturated rings. The van der Waals surface area contributed by atoms with Crippen molar-refractivity contribution >= 4 is 70.0 Å². The van der Waals surface area contributed by atoms with Gasteiger partial charge in [0.1, 0.15) is 11.7 Å². The van der Waals surface area contributed by atoms with E-state index in [1.807, 2.05) is 6.07 Å². The number of nitrogens with one attached hydrogen (secondary N) is 2. The molecule has 37 heavy (non-hydrogen) atoms. The van der Waals surface area contributed by atoms with Crippen molar-refractivity contribution in [1.29, 1.82) is 5.26 Å². The summed E-state index contributed by atoms with van der Waals surface area (Å²) in [6.45, 7) is 2.05. The molecule has 1 heterocycles. The van der Waals surface area contributed by atoms with Crippen LogP contribution in [-0.4, -0.2) is 37.3 Å². The van der Waals surface area contributed by atoms with Gasteiger partial charge in [-0.3, -0.25) is 14.4 Å².